The number of rotatable bonds is 54. The summed E-state index contributed by atoms with van der Waals surface area (Å²) < 4.78 is 22.9. The second kappa shape index (κ2) is 54.0. The first-order chi connectivity index (χ1) is 35.1. The predicted octanol–water partition coefficient (Wildman–Crippen LogP) is 17.4. The third kappa shape index (κ3) is 54.5. The summed E-state index contributed by atoms with van der Waals surface area (Å²) in [4.78, 5) is 37.4. The molecule has 0 saturated heterocycles. The van der Waals surface area contributed by atoms with Gasteiger partial charge in [-0.15, -0.1) is 0 Å². The van der Waals surface area contributed by atoms with Crippen LogP contribution in [0.2, 0.25) is 0 Å². The number of ether oxygens (including phenoxy) is 4. The van der Waals surface area contributed by atoms with Crippen molar-refractivity contribution in [3.63, 3.8) is 0 Å². The standard InChI is InChI=1S/C63H111NO8/c1-6-8-10-12-14-16-18-20-22-24-26-27-28-29-30-31-32-33-34-35-36-38-40-42-44-46-48-50-52-54-61(66)72-59(58-71-63(62(67)68)69-56-55-64(3,4)5)57-70-60(65)53-51-49-47-45-43-41-39-37-25-23-21-19-17-15-13-11-9-7-2/h8,10,14,16-17,19-20,22-23,25-27,59,63H,6-7,9,11-13,15,18,21,24,28-58H2,1-5H3/p+1/b10-8-,16-14-,19-17-,22-20-,25-23-,27-26-. The number of esters is 2. The average molecular weight is 1010 g/mol. The molecule has 0 aliphatic rings. The van der Waals surface area contributed by atoms with Crippen molar-refractivity contribution in [1.82, 2.24) is 0 Å². The Morgan fingerprint density at radius 1 is 0.431 bits per heavy atom. The summed E-state index contributed by atoms with van der Waals surface area (Å²) in [7, 11) is 5.97. The molecular weight excluding hydrogens is 899 g/mol. The number of hydrogen-bond donors (Lipinski definition) is 1. The summed E-state index contributed by atoms with van der Waals surface area (Å²) in [5, 5.41) is 9.70. The normalized spacial score (nSPS) is 13.3. The molecule has 0 rings (SSSR count). The van der Waals surface area contributed by atoms with E-state index < -0.39 is 24.3 Å². The van der Waals surface area contributed by atoms with Gasteiger partial charge in [0.1, 0.15) is 13.2 Å². The highest BCUT2D eigenvalue weighted by Gasteiger charge is 2.25. The van der Waals surface area contributed by atoms with Gasteiger partial charge in [0.05, 0.1) is 34.4 Å². The molecule has 0 heterocycles. The Morgan fingerprint density at radius 2 is 0.792 bits per heavy atom. The van der Waals surface area contributed by atoms with Crippen LogP contribution in [0.4, 0.5) is 0 Å². The van der Waals surface area contributed by atoms with E-state index in [-0.39, 0.29) is 32.2 Å². The Labute approximate surface area is 443 Å². The molecule has 0 aliphatic carbocycles. The Hall–Kier alpha value is -3.27. The maximum absolute atomic E-state index is 12.9. The number of unbranched alkanes of at least 4 members (excludes halogenated alkanes) is 27. The number of carboxylic acid groups (broad SMARTS) is 1. The summed E-state index contributed by atoms with van der Waals surface area (Å²) in [6.45, 7) is 4.76. The highest BCUT2D eigenvalue weighted by molar-refractivity contribution is 5.71. The monoisotopic (exact) mass is 1010 g/mol. The lowest BCUT2D eigenvalue weighted by Crippen LogP contribution is -2.40. The molecule has 72 heavy (non-hydrogen) atoms. The Balaban J connectivity index is 4.19. The van der Waals surface area contributed by atoms with Crippen LogP contribution in [0.5, 0.6) is 0 Å². The average Bonchev–Trinajstić information content (AvgIpc) is 3.35. The molecule has 0 fully saturated rings. The van der Waals surface area contributed by atoms with E-state index in [9.17, 15) is 19.5 Å². The number of quaternary nitrogens is 1. The molecule has 0 amide bonds. The summed E-state index contributed by atoms with van der Waals surface area (Å²) in [6, 6.07) is 0. The fourth-order valence-corrected chi connectivity index (χ4v) is 8.15. The third-order valence-corrected chi connectivity index (χ3v) is 12.7. The smallest absolute Gasteiger partial charge is 0.361 e. The molecule has 416 valence electrons. The van der Waals surface area contributed by atoms with Crippen molar-refractivity contribution in [3.8, 4) is 0 Å². The molecule has 0 aromatic carbocycles. The maximum Gasteiger partial charge on any atom is 0.361 e. The van der Waals surface area contributed by atoms with Crippen LogP contribution in [-0.4, -0.2) is 87.4 Å². The number of hydrogen-bond acceptors (Lipinski definition) is 7. The zero-order valence-electron chi connectivity index (χ0n) is 47.3. The topological polar surface area (TPSA) is 108 Å². The van der Waals surface area contributed by atoms with Gasteiger partial charge in [-0.1, -0.05) is 228 Å². The van der Waals surface area contributed by atoms with Crippen molar-refractivity contribution in [3.05, 3.63) is 72.9 Å². The van der Waals surface area contributed by atoms with E-state index in [1.807, 2.05) is 21.1 Å². The second-order valence-corrected chi connectivity index (χ2v) is 20.9. The first-order valence-corrected chi connectivity index (χ1v) is 29.6. The van der Waals surface area contributed by atoms with Crippen LogP contribution in [0.25, 0.3) is 0 Å². The lowest BCUT2D eigenvalue weighted by Gasteiger charge is -2.25. The van der Waals surface area contributed by atoms with Crippen molar-refractivity contribution in [2.45, 2.75) is 264 Å². The van der Waals surface area contributed by atoms with Crippen LogP contribution in [0, 0.1) is 0 Å². The molecule has 9 nitrogen and oxygen atoms in total. The number of nitrogens with zero attached hydrogens (tertiary/aromatic N) is 1. The number of aliphatic carboxylic acids is 1. The molecule has 0 aromatic heterocycles. The van der Waals surface area contributed by atoms with E-state index in [2.05, 4.69) is 86.8 Å². The lowest BCUT2D eigenvalue weighted by molar-refractivity contribution is -0.870. The summed E-state index contributed by atoms with van der Waals surface area (Å²) in [6.07, 6.45) is 66.9. The van der Waals surface area contributed by atoms with Gasteiger partial charge in [-0.3, -0.25) is 9.59 Å². The first-order valence-electron chi connectivity index (χ1n) is 29.6. The largest absolute Gasteiger partial charge is 0.477 e. The fraction of sp³-hybridized carbons (Fsp3) is 0.762. The van der Waals surface area contributed by atoms with Gasteiger partial charge >= 0.3 is 17.9 Å². The summed E-state index contributed by atoms with van der Waals surface area (Å²) >= 11 is 0. The van der Waals surface area contributed by atoms with E-state index in [1.165, 1.54) is 141 Å². The van der Waals surface area contributed by atoms with Crippen LogP contribution in [0.3, 0.4) is 0 Å². The van der Waals surface area contributed by atoms with Gasteiger partial charge in [0.25, 0.3) is 6.29 Å². The van der Waals surface area contributed by atoms with Crippen LogP contribution >= 0.6 is 0 Å². The van der Waals surface area contributed by atoms with Crippen molar-refractivity contribution in [2.75, 3.05) is 47.5 Å². The highest BCUT2D eigenvalue weighted by Crippen LogP contribution is 2.16. The Morgan fingerprint density at radius 3 is 1.18 bits per heavy atom. The van der Waals surface area contributed by atoms with E-state index in [1.54, 1.807) is 0 Å². The van der Waals surface area contributed by atoms with Gasteiger partial charge < -0.3 is 28.5 Å². The quantitative estimate of drug-likeness (QED) is 0.0211. The van der Waals surface area contributed by atoms with Crippen molar-refractivity contribution in [2.24, 2.45) is 0 Å². The van der Waals surface area contributed by atoms with Gasteiger partial charge in [-0.25, -0.2) is 4.79 Å². The minimum Gasteiger partial charge on any atom is -0.477 e. The molecule has 2 atom stereocenters. The zero-order valence-corrected chi connectivity index (χ0v) is 47.3. The van der Waals surface area contributed by atoms with Gasteiger partial charge in [0.2, 0.25) is 0 Å². The molecule has 1 N–H and O–H groups in total. The number of carboxylic acids is 1. The highest BCUT2D eigenvalue weighted by atomic mass is 16.7. The van der Waals surface area contributed by atoms with E-state index in [0.29, 0.717) is 17.4 Å². The van der Waals surface area contributed by atoms with Crippen LogP contribution in [0.15, 0.2) is 72.9 Å². The SMILES string of the molecule is CC/C=C\C/C=C\C/C=C\C/C=C\CCCCCCCCCCCCCCCCCCC(=O)OC(COC(=O)CCCCCCCCC/C=C\C/C=C\CCCCCC)COC(OCC[N+](C)(C)C)C(=O)O. The molecule has 2 unspecified atom stereocenters. The van der Waals surface area contributed by atoms with Crippen LogP contribution in [0.1, 0.15) is 251 Å². The number of carbonyl (C=O) groups excluding carboxylic acids is 2. The molecule has 0 bridgehead atoms. The molecule has 0 aliphatic heterocycles. The molecule has 9 heteroatoms. The minimum atomic E-state index is -1.51. The third-order valence-electron chi connectivity index (χ3n) is 12.7. The van der Waals surface area contributed by atoms with Crippen molar-refractivity contribution < 1.29 is 42.9 Å². The van der Waals surface area contributed by atoms with Crippen LogP contribution in [-0.2, 0) is 33.3 Å². The van der Waals surface area contributed by atoms with Gasteiger partial charge in [-0.2, -0.15) is 0 Å². The van der Waals surface area contributed by atoms with Gasteiger partial charge in [0, 0.05) is 12.8 Å². The van der Waals surface area contributed by atoms with Crippen molar-refractivity contribution >= 4 is 17.9 Å². The number of carbonyl (C=O) groups is 3. The molecule has 0 aromatic rings. The lowest BCUT2D eigenvalue weighted by atomic mass is 10.0. The molecule has 0 radical (unpaired) electrons. The summed E-state index contributed by atoms with van der Waals surface area (Å²) in [5.74, 6) is -2.01. The molecular formula is C63H112NO8+. The second-order valence-electron chi connectivity index (χ2n) is 20.9. The van der Waals surface area contributed by atoms with Crippen LogP contribution < -0.4 is 0 Å². The van der Waals surface area contributed by atoms with E-state index >= 15 is 0 Å². The van der Waals surface area contributed by atoms with Crippen molar-refractivity contribution in [1.29, 1.82) is 0 Å². The summed E-state index contributed by atoms with van der Waals surface area (Å²) in [5.41, 5.74) is 0. The fourth-order valence-electron chi connectivity index (χ4n) is 8.15. The predicted molar refractivity (Wildman–Crippen MR) is 304 cm³/mol. The Bertz CT molecular complexity index is 1410. The first kappa shape index (κ1) is 68.7. The Kier molecular flexibility index (Phi) is 51.6. The minimum absolute atomic E-state index is 0.185. The number of likely N-dealkylation sites (N-methyl/N-ethyl adjacent to an activating group) is 1. The number of allylic oxidation sites excluding steroid dienone is 12. The molecule has 0 saturated carbocycles. The van der Waals surface area contributed by atoms with Gasteiger partial charge in [0.15, 0.2) is 6.10 Å². The maximum atomic E-state index is 12.9. The van der Waals surface area contributed by atoms with E-state index in [0.717, 1.165) is 83.5 Å². The van der Waals surface area contributed by atoms with E-state index in [4.69, 9.17) is 18.9 Å². The molecule has 0 spiro atoms. The van der Waals surface area contributed by atoms with Gasteiger partial charge in [-0.05, 0) is 83.5 Å². The zero-order chi connectivity index (χ0) is 52.7.